The van der Waals surface area contributed by atoms with Gasteiger partial charge in [-0.15, -0.1) is 0 Å². The van der Waals surface area contributed by atoms with Gasteiger partial charge in [0.2, 0.25) is 12.5 Å². The Morgan fingerprint density at radius 3 is 2.79 bits per heavy atom. The molecule has 1 fully saturated rings. The van der Waals surface area contributed by atoms with Gasteiger partial charge in [-0.05, 0) is 41.8 Å². The fraction of sp³-hybridized carbons (Fsp3) is 0.368. The van der Waals surface area contributed by atoms with Crippen LogP contribution in [0.1, 0.15) is 23.6 Å². The molecule has 4 rings (SSSR count). The molecule has 0 aromatic heterocycles. The molecule has 5 heteroatoms. The molecule has 0 amide bonds. The summed E-state index contributed by atoms with van der Waals surface area (Å²) in [6, 6.07) is 12.8. The minimum absolute atomic E-state index is 0.255. The molecular formula is C19H21NO4. The zero-order valence-corrected chi connectivity index (χ0v) is 14.0. The summed E-state index contributed by atoms with van der Waals surface area (Å²) in [5.74, 6) is 3.11. The maximum Gasteiger partial charge on any atom is 0.231 e. The fourth-order valence-electron chi connectivity index (χ4n) is 3.37. The highest BCUT2D eigenvalue weighted by Gasteiger charge is 2.30. The first-order valence-corrected chi connectivity index (χ1v) is 8.13. The van der Waals surface area contributed by atoms with Gasteiger partial charge in [0.15, 0.2) is 11.5 Å². The molecule has 0 unspecified atom stereocenters. The normalized spacial score (nSPS) is 19.0. The van der Waals surface area contributed by atoms with Crippen LogP contribution in [-0.4, -0.2) is 32.5 Å². The molecule has 2 aromatic carbocycles. The standard InChI is InChI=1S/C19H21NO4/c1-21-15-5-3-4-14(10-15)16-6-7-20(16)11-13-8-17(22-2)19-18(9-13)23-12-24-19/h3-5,8-10,16H,6-7,11-12H2,1-2H3/t16-/m1/s1. The first kappa shape index (κ1) is 15.1. The van der Waals surface area contributed by atoms with Crippen LogP contribution in [0.15, 0.2) is 36.4 Å². The Labute approximate surface area is 141 Å². The first-order valence-electron chi connectivity index (χ1n) is 8.13. The molecule has 2 aliphatic heterocycles. The number of rotatable bonds is 5. The molecule has 126 valence electrons. The van der Waals surface area contributed by atoms with Gasteiger partial charge in [-0.1, -0.05) is 12.1 Å². The average Bonchev–Trinajstić information content (AvgIpc) is 3.06. The van der Waals surface area contributed by atoms with Gasteiger partial charge in [-0.2, -0.15) is 0 Å². The number of hydrogen-bond donors (Lipinski definition) is 0. The Balaban J connectivity index is 1.53. The van der Waals surface area contributed by atoms with E-state index in [-0.39, 0.29) is 6.79 Å². The quantitative estimate of drug-likeness (QED) is 0.842. The molecule has 0 bridgehead atoms. The molecular weight excluding hydrogens is 306 g/mol. The Morgan fingerprint density at radius 2 is 2.04 bits per heavy atom. The van der Waals surface area contributed by atoms with Gasteiger partial charge in [-0.3, -0.25) is 4.90 Å². The molecule has 0 N–H and O–H groups in total. The molecule has 0 spiro atoms. The van der Waals surface area contributed by atoms with E-state index in [0.29, 0.717) is 11.8 Å². The van der Waals surface area contributed by atoms with Crippen molar-refractivity contribution in [2.75, 3.05) is 27.6 Å². The molecule has 24 heavy (non-hydrogen) atoms. The summed E-state index contributed by atoms with van der Waals surface area (Å²) in [4.78, 5) is 2.45. The van der Waals surface area contributed by atoms with Crippen LogP contribution < -0.4 is 18.9 Å². The van der Waals surface area contributed by atoms with Crippen molar-refractivity contribution in [1.29, 1.82) is 0 Å². The number of fused-ring (bicyclic) bond motifs is 1. The van der Waals surface area contributed by atoms with Crippen molar-refractivity contribution in [1.82, 2.24) is 4.90 Å². The summed E-state index contributed by atoms with van der Waals surface area (Å²) in [5.41, 5.74) is 2.47. The monoisotopic (exact) mass is 327 g/mol. The van der Waals surface area contributed by atoms with Crippen LogP contribution >= 0.6 is 0 Å². The van der Waals surface area contributed by atoms with Crippen molar-refractivity contribution in [2.24, 2.45) is 0 Å². The summed E-state index contributed by atoms with van der Waals surface area (Å²) in [5, 5.41) is 0. The lowest BCUT2D eigenvalue weighted by Gasteiger charge is -2.41. The predicted octanol–water partition coefficient (Wildman–Crippen LogP) is 3.38. The predicted molar refractivity (Wildman–Crippen MR) is 89.9 cm³/mol. The van der Waals surface area contributed by atoms with Crippen LogP contribution in [0.25, 0.3) is 0 Å². The molecule has 1 saturated heterocycles. The van der Waals surface area contributed by atoms with E-state index in [0.717, 1.165) is 36.8 Å². The smallest absolute Gasteiger partial charge is 0.231 e. The van der Waals surface area contributed by atoms with Gasteiger partial charge in [0, 0.05) is 19.1 Å². The zero-order chi connectivity index (χ0) is 16.5. The lowest BCUT2D eigenvalue weighted by atomic mass is 9.93. The summed E-state index contributed by atoms with van der Waals surface area (Å²) >= 11 is 0. The molecule has 5 nitrogen and oxygen atoms in total. The zero-order valence-electron chi connectivity index (χ0n) is 14.0. The van der Waals surface area contributed by atoms with Gasteiger partial charge >= 0.3 is 0 Å². The van der Waals surface area contributed by atoms with Crippen LogP contribution in [0.3, 0.4) is 0 Å². The van der Waals surface area contributed by atoms with Crippen molar-refractivity contribution in [3.05, 3.63) is 47.5 Å². The summed E-state index contributed by atoms with van der Waals surface area (Å²) < 4.78 is 21.8. The second-order valence-electron chi connectivity index (χ2n) is 6.08. The van der Waals surface area contributed by atoms with Crippen LogP contribution in [-0.2, 0) is 6.54 Å². The highest BCUT2D eigenvalue weighted by Crippen LogP contribution is 2.43. The van der Waals surface area contributed by atoms with Gasteiger partial charge in [0.05, 0.1) is 14.2 Å². The molecule has 0 radical (unpaired) electrons. The Morgan fingerprint density at radius 1 is 1.12 bits per heavy atom. The molecule has 0 aliphatic carbocycles. The third-order valence-electron chi connectivity index (χ3n) is 4.71. The Bertz CT molecular complexity index is 746. The lowest BCUT2D eigenvalue weighted by Crippen LogP contribution is -2.40. The SMILES string of the molecule is COc1cccc([C@H]2CCN2Cc2cc(OC)c3c(c2)OCO3)c1. The van der Waals surface area contributed by atoms with E-state index in [1.807, 2.05) is 24.3 Å². The van der Waals surface area contributed by atoms with Gasteiger partial charge in [0.1, 0.15) is 5.75 Å². The molecule has 2 heterocycles. The first-order chi connectivity index (χ1) is 11.8. The Kier molecular flexibility index (Phi) is 3.94. The summed E-state index contributed by atoms with van der Waals surface area (Å²) in [7, 11) is 3.36. The van der Waals surface area contributed by atoms with Crippen molar-refractivity contribution < 1.29 is 18.9 Å². The largest absolute Gasteiger partial charge is 0.497 e. The van der Waals surface area contributed by atoms with Gasteiger partial charge in [-0.25, -0.2) is 0 Å². The van der Waals surface area contributed by atoms with E-state index in [4.69, 9.17) is 18.9 Å². The number of methoxy groups -OCH3 is 2. The summed E-state index contributed by atoms with van der Waals surface area (Å²) in [6.07, 6.45) is 1.16. The number of benzene rings is 2. The van der Waals surface area contributed by atoms with Crippen LogP contribution in [0.2, 0.25) is 0 Å². The topological polar surface area (TPSA) is 40.2 Å². The van der Waals surface area contributed by atoms with Crippen LogP contribution in [0, 0.1) is 0 Å². The molecule has 2 aliphatic rings. The highest BCUT2D eigenvalue weighted by molar-refractivity contribution is 5.55. The summed E-state index contributed by atoms with van der Waals surface area (Å²) in [6.45, 7) is 2.19. The maximum absolute atomic E-state index is 5.52. The minimum atomic E-state index is 0.255. The Hall–Kier alpha value is -2.40. The minimum Gasteiger partial charge on any atom is -0.497 e. The maximum atomic E-state index is 5.52. The third-order valence-corrected chi connectivity index (χ3v) is 4.71. The lowest BCUT2D eigenvalue weighted by molar-refractivity contribution is 0.0816. The van der Waals surface area contributed by atoms with Crippen molar-refractivity contribution in [3.63, 3.8) is 0 Å². The van der Waals surface area contributed by atoms with E-state index in [2.05, 4.69) is 17.0 Å². The van der Waals surface area contributed by atoms with E-state index in [1.165, 1.54) is 11.1 Å². The number of nitrogens with zero attached hydrogens (tertiary/aromatic N) is 1. The molecule has 2 aromatic rings. The van der Waals surface area contributed by atoms with Crippen molar-refractivity contribution in [2.45, 2.75) is 19.0 Å². The average molecular weight is 327 g/mol. The highest BCUT2D eigenvalue weighted by atomic mass is 16.7. The van der Waals surface area contributed by atoms with E-state index >= 15 is 0 Å². The number of hydrogen-bond acceptors (Lipinski definition) is 5. The van der Waals surface area contributed by atoms with Crippen LogP contribution in [0.5, 0.6) is 23.0 Å². The molecule has 0 saturated carbocycles. The van der Waals surface area contributed by atoms with Crippen LogP contribution in [0.4, 0.5) is 0 Å². The van der Waals surface area contributed by atoms with Gasteiger partial charge in [0.25, 0.3) is 0 Å². The van der Waals surface area contributed by atoms with Crippen molar-refractivity contribution >= 4 is 0 Å². The fourth-order valence-corrected chi connectivity index (χ4v) is 3.37. The van der Waals surface area contributed by atoms with Crippen molar-refractivity contribution in [3.8, 4) is 23.0 Å². The van der Waals surface area contributed by atoms with E-state index in [9.17, 15) is 0 Å². The second kappa shape index (κ2) is 6.24. The van der Waals surface area contributed by atoms with Gasteiger partial charge < -0.3 is 18.9 Å². The van der Waals surface area contributed by atoms with E-state index < -0.39 is 0 Å². The molecule has 1 atom stereocenters. The number of likely N-dealkylation sites (tertiary alicyclic amines) is 1. The number of ether oxygens (including phenoxy) is 4. The second-order valence-corrected chi connectivity index (χ2v) is 6.08. The van der Waals surface area contributed by atoms with E-state index in [1.54, 1.807) is 14.2 Å². The third kappa shape index (κ3) is 2.65.